The van der Waals surface area contributed by atoms with Gasteiger partial charge in [-0.2, -0.15) is 0 Å². The van der Waals surface area contributed by atoms with Crippen molar-refractivity contribution in [3.8, 4) is 11.1 Å². The van der Waals surface area contributed by atoms with Crippen LogP contribution in [0.4, 0.5) is 0 Å². The number of hydrogen-bond acceptors (Lipinski definition) is 0. The number of aryl methyl sites for hydroxylation is 1. The summed E-state index contributed by atoms with van der Waals surface area (Å²) in [5.74, 6) is 0.303. The summed E-state index contributed by atoms with van der Waals surface area (Å²) in [7, 11) is 0. The highest BCUT2D eigenvalue weighted by atomic mass is 14.5. The lowest BCUT2D eigenvalue weighted by Crippen LogP contribution is -2.35. The molecule has 2 aliphatic carbocycles. The van der Waals surface area contributed by atoms with Crippen LogP contribution in [0.5, 0.6) is 0 Å². The molecule has 2 atom stereocenters. The molecule has 0 amide bonds. The van der Waals surface area contributed by atoms with Crippen LogP contribution in [0.25, 0.3) is 11.1 Å². The van der Waals surface area contributed by atoms with Gasteiger partial charge < -0.3 is 0 Å². The molecule has 0 aliphatic heterocycles. The van der Waals surface area contributed by atoms with Crippen molar-refractivity contribution in [1.82, 2.24) is 0 Å². The summed E-state index contributed by atoms with van der Waals surface area (Å²) in [6, 6.07) is 27.1. The Morgan fingerprint density at radius 1 is 0.933 bits per heavy atom. The zero-order chi connectivity index (χ0) is 20.6. The molecule has 0 saturated heterocycles. The van der Waals surface area contributed by atoms with Crippen molar-refractivity contribution in [2.45, 2.75) is 37.5 Å². The molecule has 0 saturated carbocycles. The van der Waals surface area contributed by atoms with Crippen LogP contribution in [0.15, 0.2) is 109 Å². The Morgan fingerprint density at radius 3 is 2.47 bits per heavy atom. The zero-order valence-corrected chi connectivity index (χ0v) is 17.6. The monoisotopic (exact) mass is 388 g/mol. The van der Waals surface area contributed by atoms with Gasteiger partial charge in [0.25, 0.3) is 0 Å². The van der Waals surface area contributed by atoms with Gasteiger partial charge in [0.05, 0.1) is 0 Å². The minimum Gasteiger partial charge on any atom is -0.103 e. The van der Waals surface area contributed by atoms with E-state index in [2.05, 4.69) is 111 Å². The van der Waals surface area contributed by atoms with Crippen LogP contribution < -0.4 is 0 Å². The van der Waals surface area contributed by atoms with Crippen molar-refractivity contribution in [2.75, 3.05) is 0 Å². The highest BCUT2D eigenvalue weighted by molar-refractivity contribution is 5.83. The van der Waals surface area contributed by atoms with E-state index >= 15 is 0 Å². The zero-order valence-electron chi connectivity index (χ0n) is 17.6. The second-order valence-corrected chi connectivity index (χ2v) is 8.55. The molecule has 0 radical (unpaired) electrons. The standard InChI is InChI=1S/C30H28/c1-3-4-21-30(24-16-8-9-17-24,23-14-6-5-7-15-23)29-26-19-11-10-18-25(26)28-22(2)13-12-20-27(28)29/h3,5-16,18-20,29H,1,4,17,21H2,2H3. The summed E-state index contributed by atoms with van der Waals surface area (Å²) < 4.78 is 0. The number of fused-ring (bicyclic) bond motifs is 3. The van der Waals surface area contributed by atoms with E-state index in [0.717, 1.165) is 19.3 Å². The fraction of sp³-hybridized carbons (Fsp3) is 0.200. The minimum absolute atomic E-state index is 0.0892. The molecule has 2 unspecified atom stereocenters. The molecule has 0 heterocycles. The minimum atomic E-state index is -0.0892. The molecule has 3 aromatic carbocycles. The fourth-order valence-electron chi connectivity index (χ4n) is 5.80. The molecule has 0 aromatic heterocycles. The van der Waals surface area contributed by atoms with Gasteiger partial charge in [-0.1, -0.05) is 103 Å². The lowest BCUT2D eigenvalue weighted by Gasteiger charge is -2.43. The number of rotatable bonds is 6. The lowest BCUT2D eigenvalue weighted by molar-refractivity contribution is 0.413. The summed E-state index contributed by atoms with van der Waals surface area (Å²) in [5, 5.41) is 0. The van der Waals surface area contributed by atoms with E-state index in [1.54, 1.807) is 0 Å². The van der Waals surface area contributed by atoms with Gasteiger partial charge in [0.2, 0.25) is 0 Å². The highest BCUT2D eigenvalue weighted by Crippen LogP contribution is 2.59. The first-order valence-corrected chi connectivity index (χ1v) is 11.0. The van der Waals surface area contributed by atoms with Crippen LogP contribution in [-0.2, 0) is 5.41 Å². The van der Waals surface area contributed by atoms with E-state index in [-0.39, 0.29) is 5.41 Å². The molecule has 0 fully saturated rings. The fourth-order valence-corrected chi connectivity index (χ4v) is 5.80. The Labute approximate surface area is 180 Å². The summed E-state index contributed by atoms with van der Waals surface area (Å²) in [6.45, 7) is 6.33. The van der Waals surface area contributed by atoms with Crippen LogP contribution in [0.1, 0.15) is 47.4 Å². The maximum Gasteiger partial charge on any atom is 0.0280 e. The normalized spacial score (nSPS) is 18.4. The third kappa shape index (κ3) is 2.75. The molecule has 0 heteroatoms. The van der Waals surface area contributed by atoms with Crippen molar-refractivity contribution in [3.05, 3.63) is 132 Å². The Hall–Kier alpha value is -3.12. The average Bonchev–Trinajstić information content (AvgIpc) is 3.43. The van der Waals surface area contributed by atoms with Gasteiger partial charge >= 0.3 is 0 Å². The molecule has 0 bridgehead atoms. The van der Waals surface area contributed by atoms with Gasteiger partial charge in [-0.15, -0.1) is 6.58 Å². The molecule has 3 aromatic rings. The first kappa shape index (κ1) is 18.9. The highest BCUT2D eigenvalue weighted by Gasteiger charge is 2.48. The Kier molecular flexibility index (Phi) is 4.79. The Morgan fingerprint density at radius 2 is 1.70 bits per heavy atom. The number of benzene rings is 3. The smallest absolute Gasteiger partial charge is 0.0280 e. The molecular formula is C30H28. The van der Waals surface area contributed by atoms with E-state index in [4.69, 9.17) is 0 Å². The first-order chi connectivity index (χ1) is 14.8. The van der Waals surface area contributed by atoms with Gasteiger partial charge in [0.1, 0.15) is 0 Å². The van der Waals surface area contributed by atoms with E-state index in [9.17, 15) is 0 Å². The number of hydrogen-bond donors (Lipinski definition) is 0. The molecule has 2 aliphatic rings. The molecule has 30 heavy (non-hydrogen) atoms. The quantitative estimate of drug-likeness (QED) is 0.376. The Balaban J connectivity index is 1.85. The molecule has 0 spiro atoms. The van der Waals surface area contributed by atoms with Crippen molar-refractivity contribution < 1.29 is 0 Å². The third-order valence-corrected chi connectivity index (χ3v) is 7.03. The van der Waals surface area contributed by atoms with Crippen LogP contribution >= 0.6 is 0 Å². The van der Waals surface area contributed by atoms with Gasteiger partial charge in [0.15, 0.2) is 0 Å². The van der Waals surface area contributed by atoms with Crippen LogP contribution in [0, 0.1) is 6.92 Å². The second kappa shape index (κ2) is 7.61. The maximum absolute atomic E-state index is 4.08. The molecule has 148 valence electrons. The van der Waals surface area contributed by atoms with Crippen molar-refractivity contribution in [1.29, 1.82) is 0 Å². The summed E-state index contributed by atoms with van der Waals surface area (Å²) >= 11 is 0. The van der Waals surface area contributed by atoms with Crippen molar-refractivity contribution in [3.63, 3.8) is 0 Å². The van der Waals surface area contributed by atoms with E-state index in [1.165, 1.54) is 39.0 Å². The van der Waals surface area contributed by atoms with E-state index < -0.39 is 0 Å². The van der Waals surface area contributed by atoms with Crippen molar-refractivity contribution in [2.24, 2.45) is 0 Å². The molecule has 0 N–H and O–H groups in total. The average molecular weight is 389 g/mol. The first-order valence-electron chi connectivity index (χ1n) is 11.0. The second-order valence-electron chi connectivity index (χ2n) is 8.55. The van der Waals surface area contributed by atoms with Crippen LogP contribution in [-0.4, -0.2) is 0 Å². The molecule has 5 rings (SSSR count). The van der Waals surface area contributed by atoms with Gasteiger partial charge in [0, 0.05) is 11.3 Å². The third-order valence-electron chi connectivity index (χ3n) is 7.03. The summed E-state index contributed by atoms with van der Waals surface area (Å²) in [6.07, 6.45) is 12.1. The maximum atomic E-state index is 4.08. The summed E-state index contributed by atoms with van der Waals surface area (Å²) in [5.41, 5.74) is 9.98. The largest absolute Gasteiger partial charge is 0.103 e. The van der Waals surface area contributed by atoms with Crippen LogP contribution in [0.3, 0.4) is 0 Å². The predicted octanol–water partition coefficient (Wildman–Crippen LogP) is 7.90. The molecule has 0 nitrogen and oxygen atoms in total. The predicted molar refractivity (Wildman–Crippen MR) is 128 cm³/mol. The van der Waals surface area contributed by atoms with E-state index in [0.29, 0.717) is 5.92 Å². The Bertz CT molecular complexity index is 1150. The van der Waals surface area contributed by atoms with Crippen LogP contribution in [0.2, 0.25) is 0 Å². The topological polar surface area (TPSA) is 0 Å². The van der Waals surface area contributed by atoms with Gasteiger partial charge in [-0.05, 0) is 59.6 Å². The van der Waals surface area contributed by atoms with Crippen molar-refractivity contribution >= 4 is 0 Å². The van der Waals surface area contributed by atoms with Gasteiger partial charge in [-0.25, -0.2) is 0 Å². The van der Waals surface area contributed by atoms with E-state index in [1.807, 2.05) is 0 Å². The summed E-state index contributed by atoms with van der Waals surface area (Å²) in [4.78, 5) is 0. The number of allylic oxidation sites excluding steroid dienone is 5. The molecular weight excluding hydrogens is 360 g/mol. The SMILES string of the molecule is C=CCCC(C1=CC=CC1)(c1ccccc1)C1c2ccccc2-c2c(C)cccc21. The lowest BCUT2D eigenvalue weighted by atomic mass is 9.59. The van der Waals surface area contributed by atoms with Gasteiger partial charge in [-0.3, -0.25) is 0 Å².